The van der Waals surface area contributed by atoms with Gasteiger partial charge in [0.05, 0.1) is 6.42 Å². The van der Waals surface area contributed by atoms with E-state index in [0.717, 1.165) is 12.0 Å². The van der Waals surface area contributed by atoms with E-state index in [-0.39, 0.29) is 24.0 Å². The summed E-state index contributed by atoms with van der Waals surface area (Å²) < 4.78 is 5.22. The van der Waals surface area contributed by atoms with E-state index in [0.29, 0.717) is 37.6 Å². The number of carbonyl (C=O) groups is 2. The van der Waals surface area contributed by atoms with Crippen molar-refractivity contribution in [3.63, 3.8) is 0 Å². The minimum atomic E-state index is -0.147. The van der Waals surface area contributed by atoms with Gasteiger partial charge in [0.1, 0.15) is 12.1 Å². The van der Waals surface area contributed by atoms with Gasteiger partial charge >= 0.3 is 5.97 Å². The fourth-order valence-electron chi connectivity index (χ4n) is 3.23. The number of esters is 1. The fourth-order valence-corrected chi connectivity index (χ4v) is 3.44. The van der Waals surface area contributed by atoms with Crippen molar-refractivity contribution in [2.75, 3.05) is 26.2 Å². The molecule has 2 atom stereocenters. The Morgan fingerprint density at radius 1 is 1.26 bits per heavy atom. The number of carbonyl (C=O) groups excluding carboxylic acids is 2. The monoisotopic (exact) mass is 336 g/mol. The van der Waals surface area contributed by atoms with Gasteiger partial charge in [-0.05, 0) is 18.6 Å². The molecule has 0 aliphatic carbocycles. The van der Waals surface area contributed by atoms with Gasteiger partial charge in [0.25, 0.3) is 0 Å². The summed E-state index contributed by atoms with van der Waals surface area (Å²) in [6, 6.07) is 7.28. The van der Waals surface area contributed by atoms with Gasteiger partial charge in [-0.25, -0.2) is 0 Å². The standard InChI is InChI=1S/C17H21ClN2O3/c1-12-10-15(17(22)23-12)19-6-8-20(9-7-19)16(21)11-13-4-2-3-5-14(13)18/h2-5,12,15H,6-11H2,1H3. The van der Waals surface area contributed by atoms with Crippen LogP contribution in [0.2, 0.25) is 5.02 Å². The molecule has 3 rings (SSSR count). The Bertz CT molecular complexity index is 599. The summed E-state index contributed by atoms with van der Waals surface area (Å²) in [7, 11) is 0. The van der Waals surface area contributed by atoms with E-state index < -0.39 is 0 Å². The summed E-state index contributed by atoms with van der Waals surface area (Å²) in [6.45, 7) is 4.62. The molecule has 1 amide bonds. The van der Waals surface area contributed by atoms with Crippen LogP contribution in [-0.4, -0.2) is 60.0 Å². The van der Waals surface area contributed by atoms with E-state index in [1.54, 1.807) is 6.07 Å². The summed E-state index contributed by atoms with van der Waals surface area (Å²) in [6.07, 6.45) is 1.06. The van der Waals surface area contributed by atoms with E-state index in [1.165, 1.54) is 0 Å². The normalized spacial score (nSPS) is 25.5. The van der Waals surface area contributed by atoms with Crippen LogP contribution in [0.5, 0.6) is 0 Å². The molecule has 2 unspecified atom stereocenters. The molecule has 2 aliphatic heterocycles. The van der Waals surface area contributed by atoms with Gasteiger partial charge < -0.3 is 9.64 Å². The Morgan fingerprint density at radius 3 is 2.57 bits per heavy atom. The molecule has 2 heterocycles. The predicted molar refractivity (Wildman–Crippen MR) is 87.3 cm³/mol. The second kappa shape index (κ2) is 6.89. The summed E-state index contributed by atoms with van der Waals surface area (Å²) in [4.78, 5) is 28.2. The lowest BCUT2D eigenvalue weighted by molar-refractivity contribution is -0.145. The van der Waals surface area contributed by atoms with E-state index >= 15 is 0 Å². The van der Waals surface area contributed by atoms with E-state index in [4.69, 9.17) is 16.3 Å². The van der Waals surface area contributed by atoms with Gasteiger partial charge in [0, 0.05) is 37.6 Å². The largest absolute Gasteiger partial charge is 0.461 e. The number of ether oxygens (including phenoxy) is 1. The summed E-state index contributed by atoms with van der Waals surface area (Å²) in [5, 5.41) is 0.627. The summed E-state index contributed by atoms with van der Waals surface area (Å²) in [5.41, 5.74) is 0.856. The minimum absolute atomic E-state index is 0.00705. The Morgan fingerprint density at radius 2 is 1.96 bits per heavy atom. The third kappa shape index (κ3) is 3.67. The van der Waals surface area contributed by atoms with Crippen molar-refractivity contribution >= 4 is 23.5 Å². The number of benzene rings is 1. The van der Waals surface area contributed by atoms with Crippen LogP contribution in [-0.2, 0) is 20.7 Å². The van der Waals surface area contributed by atoms with Crippen molar-refractivity contribution < 1.29 is 14.3 Å². The molecular formula is C17H21ClN2O3. The number of cyclic esters (lactones) is 1. The van der Waals surface area contributed by atoms with Crippen LogP contribution in [0.1, 0.15) is 18.9 Å². The molecule has 2 saturated heterocycles. The van der Waals surface area contributed by atoms with Crippen LogP contribution >= 0.6 is 11.6 Å². The molecule has 0 aromatic heterocycles. The van der Waals surface area contributed by atoms with Crippen molar-refractivity contribution in [2.45, 2.75) is 31.9 Å². The topological polar surface area (TPSA) is 49.9 Å². The Balaban J connectivity index is 1.54. The van der Waals surface area contributed by atoms with Gasteiger partial charge in [-0.3, -0.25) is 14.5 Å². The maximum Gasteiger partial charge on any atom is 0.323 e. The van der Waals surface area contributed by atoms with Gasteiger partial charge in [0.15, 0.2) is 0 Å². The first-order valence-electron chi connectivity index (χ1n) is 8.00. The molecule has 1 aromatic carbocycles. The molecule has 2 aliphatic rings. The van der Waals surface area contributed by atoms with Crippen LogP contribution in [0, 0.1) is 0 Å². The number of piperazine rings is 1. The van der Waals surface area contributed by atoms with Crippen LogP contribution in [0.4, 0.5) is 0 Å². The molecule has 124 valence electrons. The lowest BCUT2D eigenvalue weighted by atomic mass is 10.1. The second-order valence-corrected chi connectivity index (χ2v) is 6.59. The smallest absolute Gasteiger partial charge is 0.323 e. The molecule has 0 bridgehead atoms. The number of rotatable bonds is 3. The Hall–Kier alpha value is -1.59. The maximum absolute atomic E-state index is 12.4. The molecule has 0 N–H and O–H groups in total. The zero-order valence-corrected chi connectivity index (χ0v) is 14.0. The van der Waals surface area contributed by atoms with Crippen molar-refractivity contribution in [3.8, 4) is 0 Å². The summed E-state index contributed by atoms with van der Waals surface area (Å²) >= 11 is 6.12. The number of hydrogen-bond acceptors (Lipinski definition) is 4. The Labute approximate surface area is 141 Å². The third-order valence-corrected chi connectivity index (χ3v) is 4.92. The van der Waals surface area contributed by atoms with E-state index in [9.17, 15) is 9.59 Å². The number of hydrogen-bond donors (Lipinski definition) is 0. The molecule has 0 radical (unpaired) electrons. The first-order valence-corrected chi connectivity index (χ1v) is 8.38. The van der Waals surface area contributed by atoms with Gasteiger partial charge in [-0.1, -0.05) is 29.8 Å². The molecule has 0 spiro atoms. The van der Waals surface area contributed by atoms with Gasteiger partial charge in [-0.2, -0.15) is 0 Å². The van der Waals surface area contributed by atoms with E-state index in [2.05, 4.69) is 4.90 Å². The van der Waals surface area contributed by atoms with Crippen molar-refractivity contribution in [1.82, 2.24) is 9.80 Å². The molecule has 5 nitrogen and oxygen atoms in total. The highest BCUT2D eigenvalue weighted by atomic mass is 35.5. The molecular weight excluding hydrogens is 316 g/mol. The predicted octanol–water partition coefficient (Wildman–Crippen LogP) is 1.73. The van der Waals surface area contributed by atoms with Crippen LogP contribution in [0.25, 0.3) is 0 Å². The van der Waals surface area contributed by atoms with Gasteiger partial charge in [0.2, 0.25) is 5.91 Å². The van der Waals surface area contributed by atoms with Crippen molar-refractivity contribution in [3.05, 3.63) is 34.9 Å². The fraction of sp³-hybridized carbons (Fsp3) is 0.529. The average molecular weight is 337 g/mol. The molecule has 0 saturated carbocycles. The minimum Gasteiger partial charge on any atom is -0.461 e. The second-order valence-electron chi connectivity index (χ2n) is 6.18. The lowest BCUT2D eigenvalue weighted by Crippen LogP contribution is -2.53. The highest BCUT2D eigenvalue weighted by Crippen LogP contribution is 2.22. The van der Waals surface area contributed by atoms with Crippen LogP contribution in [0.3, 0.4) is 0 Å². The lowest BCUT2D eigenvalue weighted by Gasteiger charge is -2.36. The highest BCUT2D eigenvalue weighted by Gasteiger charge is 2.38. The highest BCUT2D eigenvalue weighted by molar-refractivity contribution is 6.31. The molecule has 23 heavy (non-hydrogen) atoms. The first kappa shape index (κ1) is 16.3. The van der Waals surface area contributed by atoms with Crippen LogP contribution in [0.15, 0.2) is 24.3 Å². The molecule has 6 heteroatoms. The van der Waals surface area contributed by atoms with E-state index in [1.807, 2.05) is 30.0 Å². The molecule has 2 fully saturated rings. The average Bonchev–Trinajstić information content (AvgIpc) is 2.88. The van der Waals surface area contributed by atoms with Crippen LogP contribution < -0.4 is 0 Å². The molecule has 1 aromatic rings. The zero-order chi connectivity index (χ0) is 16.4. The quantitative estimate of drug-likeness (QED) is 0.789. The van der Waals surface area contributed by atoms with Crippen molar-refractivity contribution in [1.29, 1.82) is 0 Å². The van der Waals surface area contributed by atoms with Gasteiger partial charge in [-0.15, -0.1) is 0 Å². The number of halogens is 1. The number of amides is 1. The maximum atomic E-state index is 12.4. The SMILES string of the molecule is CC1CC(N2CCN(C(=O)Cc3ccccc3Cl)CC2)C(=O)O1. The zero-order valence-electron chi connectivity index (χ0n) is 13.2. The summed E-state index contributed by atoms with van der Waals surface area (Å²) in [5.74, 6) is -0.0477. The Kier molecular flexibility index (Phi) is 4.87. The third-order valence-electron chi connectivity index (χ3n) is 4.55. The first-order chi connectivity index (χ1) is 11.0. The number of nitrogens with zero attached hydrogens (tertiary/aromatic N) is 2. The van der Waals surface area contributed by atoms with Crippen molar-refractivity contribution in [2.24, 2.45) is 0 Å².